The molecule has 2 saturated carbocycles. The molecule has 4 nitrogen and oxygen atoms in total. The predicted octanol–water partition coefficient (Wildman–Crippen LogP) is 3.04. The van der Waals surface area contributed by atoms with Crippen molar-refractivity contribution in [1.82, 2.24) is 9.78 Å². The summed E-state index contributed by atoms with van der Waals surface area (Å²) >= 11 is 0. The molecule has 0 spiro atoms. The van der Waals surface area contributed by atoms with Gasteiger partial charge in [-0.2, -0.15) is 5.10 Å². The molecule has 0 unspecified atom stereocenters. The Hall–Kier alpha value is -1.32. The van der Waals surface area contributed by atoms with Crippen molar-refractivity contribution in [2.45, 2.75) is 57.4 Å². The third-order valence-electron chi connectivity index (χ3n) is 4.25. The maximum absolute atomic E-state index is 11.0. The molecule has 98 valence electrons. The fourth-order valence-corrected chi connectivity index (χ4v) is 3.03. The minimum absolute atomic E-state index is 0.211. The standard InChI is InChI=1S/C14H20N2O2/c17-14(18)12-9-13(11-5-6-11)16(15-12)8-7-10-3-1-2-4-10/h9-11H,1-8H2,(H,17,18). The summed E-state index contributed by atoms with van der Waals surface area (Å²) < 4.78 is 1.96. The Morgan fingerprint density at radius 2 is 2.06 bits per heavy atom. The van der Waals surface area contributed by atoms with Gasteiger partial charge in [0, 0.05) is 18.2 Å². The highest BCUT2D eigenvalue weighted by atomic mass is 16.4. The second-order valence-corrected chi connectivity index (χ2v) is 5.70. The first kappa shape index (κ1) is 11.8. The van der Waals surface area contributed by atoms with Crippen LogP contribution in [0.2, 0.25) is 0 Å². The fourth-order valence-electron chi connectivity index (χ4n) is 3.03. The van der Waals surface area contributed by atoms with Gasteiger partial charge in [-0.1, -0.05) is 25.7 Å². The van der Waals surface area contributed by atoms with Gasteiger partial charge in [0.25, 0.3) is 0 Å². The first-order valence-corrected chi connectivity index (χ1v) is 7.05. The van der Waals surface area contributed by atoms with Crippen molar-refractivity contribution in [2.24, 2.45) is 5.92 Å². The zero-order valence-electron chi connectivity index (χ0n) is 10.6. The van der Waals surface area contributed by atoms with Crippen LogP contribution in [0.25, 0.3) is 0 Å². The van der Waals surface area contributed by atoms with Gasteiger partial charge in [-0.05, 0) is 31.2 Å². The van der Waals surface area contributed by atoms with E-state index in [2.05, 4.69) is 5.10 Å². The maximum atomic E-state index is 11.0. The summed E-state index contributed by atoms with van der Waals surface area (Å²) in [6.45, 7) is 0.893. The maximum Gasteiger partial charge on any atom is 0.356 e. The SMILES string of the molecule is O=C(O)c1cc(C2CC2)n(CCC2CCCC2)n1. The second kappa shape index (κ2) is 4.75. The molecule has 1 heterocycles. The van der Waals surface area contributed by atoms with Gasteiger partial charge in [-0.25, -0.2) is 4.79 Å². The molecule has 3 rings (SSSR count). The normalized spacial score (nSPS) is 20.4. The summed E-state index contributed by atoms with van der Waals surface area (Å²) in [5.74, 6) is 0.486. The Labute approximate surface area is 107 Å². The smallest absolute Gasteiger partial charge is 0.356 e. The van der Waals surface area contributed by atoms with E-state index in [4.69, 9.17) is 5.11 Å². The van der Waals surface area contributed by atoms with Gasteiger partial charge in [0.15, 0.2) is 5.69 Å². The lowest BCUT2D eigenvalue weighted by atomic mass is 10.0. The molecule has 0 amide bonds. The predicted molar refractivity (Wildman–Crippen MR) is 67.7 cm³/mol. The lowest BCUT2D eigenvalue weighted by Gasteiger charge is -2.10. The average Bonchev–Trinajstić information content (AvgIpc) is 2.91. The van der Waals surface area contributed by atoms with Crippen LogP contribution in [0.1, 0.15) is 67.0 Å². The average molecular weight is 248 g/mol. The van der Waals surface area contributed by atoms with Gasteiger partial charge in [0.1, 0.15) is 0 Å². The van der Waals surface area contributed by atoms with Crippen LogP contribution in [0.15, 0.2) is 6.07 Å². The van der Waals surface area contributed by atoms with Crippen LogP contribution in [0.5, 0.6) is 0 Å². The number of carbonyl (C=O) groups is 1. The molecule has 2 aliphatic carbocycles. The highest BCUT2D eigenvalue weighted by Gasteiger charge is 2.29. The number of carboxylic acid groups (broad SMARTS) is 1. The Kier molecular flexibility index (Phi) is 3.10. The summed E-state index contributed by atoms with van der Waals surface area (Å²) in [4.78, 5) is 11.0. The number of hydrogen-bond acceptors (Lipinski definition) is 2. The third-order valence-corrected chi connectivity index (χ3v) is 4.25. The van der Waals surface area contributed by atoms with Crippen LogP contribution < -0.4 is 0 Å². The number of aromatic nitrogens is 2. The number of nitrogens with zero attached hydrogens (tertiary/aromatic N) is 2. The quantitative estimate of drug-likeness (QED) is 0.871. The molecule has 4 heteroatoms. The van der Waals surface area contributed by atoms with E-state index < -0.39 is 5.97 Å². The summed E-state index contributed by atoms with van der Waals surface area (Å²) in [5.41, 5.74) is 1.36. The van der Waals surface area contributed by atoms with E-state index in [0.29, 0.717) is 5.92 Å². The van der Waals surface area contributed by atoms with Crippen molar-refractivity contribution in [3.63, 3.8) is 0 Å². The zero-order valence-corrected chi connectivity index (χ0v) is 10.6. The van der Waals surface area contributed by atoms with Crippen molar-refractivity contribution in [3.05, 3.63) is 17.5 Å². The first-order chi connectivity index (χ1) is 8.74. The van der Waals surface area contributed by atoms with E-state index in [1.54, 1.807) is 6.07 Å². The minimum Gasteiger partial charge on any atom is -0.476 e. The topological polar surface area (TPSA) is 55.1 Å². The van der Waals surface area contributed by atoms with Gasteiger partial charge < -0.3 is 5.11 Å². The highest BCUT2D eigenvalue weighted by Crippen LogP contribution is 2.40. The fraction of sp³-hybridized carbons (Fsp3) is 0.714. The van der Waals surface area contributed by atoms with Crippen LogP contribution in [-0.4, -0.2) is 20.9 Å². The van der Waals surface area contributed by atoms with Crippen LogP contribution in [0, 0.1) is 5.92 Å². The first-order valence-electron chi connectivity index (χ1n) is 7.05. The minimum atomic E-state index is -0.906. The molecule has 0 radical (unpaired) electrons. The van der Waals surface area contributed by atoms with Crippen molar-refractivity contribution in [1.29, 1.82) is 0 Å². The molecule has 0 aromatic carbocycles. The Morgan fingerprint density at radius 1 is 1.33 bits per heavy atom. The van der Waals surface area contributed by atoms with Crippen LogP contribution >= 0.6 is 0 Å². The second-order valence-electron chi connectivity index (χ2n) is 5.70. The summed E-state index contributed by atoms with van der Waals surface area (Å²) in [6, 6.07) is 1.77. The lowest BCUT2D eigenvalue weighted by molar-refractivity contribution is 0.0689. The number of hydrogen-bond donors (Lipinski definition) is 1. The Balaban J connectivity index is 1.70. The van der Waals surface area contributed by atoms with E-state index in [0.717, 1.165) is 24.6 Å². The van der Waals surface area contributed by atoms with Crippen LogP contribution in [0.4, 0.5) is 0 Å². The number of rotatable bonds is 5. The van der Waals surface area contributed by atoms with Crippen molar-refractivity contribution < 1.29 is 9.90 Å². The third kappa shape index (κ3) is 2.42. The molecule has 2 fully saturated rings. The van der Waals surface area contributed by atoms with Gasteiger partial charge >= 0.3 is 5.97 Å². The summed E-state index contributed by atoms with van der Waals surface area (Å²) in [7, 11) is 0. The molecule has 2 aliphatic rings. The highest BCUT2D eigenvalue weighted by molar-refractivity contribution is 5.85. The van der Waals surface area contributed by atoms with Gasteiger partial charge in [-0.3, -0.25) is 4.68 Å². The van der Waals surface area contributed by atoms with Gasteiger partial charge in [0.2, 0.25) is 0 Å². The molecule has 1 aromatic rings. The van der Waals surface area contributed by atoms with E-state index in [-0.39, 0.29) is 5.69 Å². The van der Waals surface area contributed by atoms with E-state index >= 15 is 0 Å². The van der Waals surface area contributed by atoms with E-state index in [1.807, 2.05) is 4.68 Å². The molecule has 0 bridgehead atoms. The number of carboxylic acids is 1. The summed E-state index contributed by atoms with van der Waals surface area (Å²) in [5, 5.41) is 13.3. The number of aromatic carboxylic acids is 1. The zero-order chi connectivity index (χ0) is 12.5. The van der Waals surface area contributed by atoms with Crippen molar-refractivity contribution >= 4 is 5.97 Å². The molecule has 1 aromatic heterocycles. The lowest BCUT2D eigenvalue weighted by Crippen LogP contribution is -2.09. The molecule has 0 saturated heterocycles. The molecule has 0 aliphatic heterocycles. The molecule has 18 heavy (non-hydrogen) atoms. The van der Waals surface area contributed by atoms with Gasteiger partial charge in [0.05, 0.1) is 0 Å². The Bertz CT molecular complexity index is 443. The van der Waals surface area contributed by atoms with Gasteiger partial charge in [-0.15, -0.1) is 0 Å². The van der Waals surface area contributed by atoms with Crippen molar-refractivity contribution in [2.75, 3.05) is 0 Å². The Morgan fingerprint density at radius 3 is 2.67 bits per heavy atom. The number of aryl methyl sites for hydroxylation is 1. The monoisotopic (exact) mass is 248 g/mol. The van der Waals surface area contributed by atoms with Crippen LogP contribution in [-0.2, 0) is 6.54 Å². The molecular formula is C14H20N2O2. The molecule has 1 N–H and O–H groups in total. The summed E-state index contributed by atoms with van der Waals surface area (Å²) in [6.07, 6.45) is 8.93. The molecular weight excluding hydrogens is 228 g/mol. The molecule has 0 atom stereocenters. The van der Waals surface area contributed by atoms with Crippen molar-refractivity contribution in [3.8, 4) is 0 Å². The largest absolute Gasteiger partial charge is 0.476 e. The van der Waals surface area contributed by atoms with E-state index in [1.165, 1.54) is 38.5 Å². The van der Waals surface area contributed by atoms with E-state index in [9.17, 15) is 4.79 Å². The van der Waals surface area contributed by atoms with Crippen LogP contribution in [0.3, 0.4) is 0 Å².